The van der Waals surface area contributed by atoms with E-state index < -0.39 is 11.5 Å². The van der Waals surface area contributed by atoms with Crippen molar-refractivity contribution in [2.24, 2.45) is 5.92 Å². The fourth-order valence-electron chi connectivity index (χ4n) is 2.96. The normalized spacial score (nSPS) is 28.2. The van der Waals surface area contributed by atoms with E-state index in [0.29, 0.717) is 5.25 Å². The maximum absolute atomic E-state index is 11.7. The van der Waals surface area contributed by atoms with Gasteiger partial charge in [-0.1, -0.05) is 20.3 Å². The lowest BCUT2D eigenvalue weighted by molar-refractivity contribution is -0.147. The molecule has 0 saturated heterocycles. The highest BCUT2D eigenvalue weighted by atomic mass is 32.2. The minimum absolute atomic E-state index is 0.222. The summed E-state index contributed by atoms with van der Waals surface area (Å²) in [5.74, 6) is 0.689. The molecule has 2 N–H and O–H groups in total. The van der Waals surface area contributed by atoms with E-state index in [1.54, 1.807) is 0 Å². The van der Waals surface area contributed by atoms with Gasteiger partial charge in [-0.3, -0.25) is 10.1 Å². The second kappa shape index (κ2) is 6.80. The summed E-state index contributed by atoms with van der Waals surface area (Å²) in [5.41, 5.74) is -0.675. The highest BCUT2D eigenvalue weighted by Crippen LogP contribution is 2.39. The molecule has 0 aromatic rings. The number of carbonyl (C=O) groups is 1. The van der Waals surface area contributed by atoms with Crippen molar-refractivity contribution < 1.29 is 9.90 Å². The van der Waals surface area contributed by atoms with Crippen molar-refractivity contribution in [2.75, 3.05) is 5.75 Å². The third-order valence-corrected chi connectivity index (χ3v) is 4.80. The monoisotopic (exact) mass is 273 g/mol. The molecule has 1 fully saturated rings. The Kier molecular flexibility index (Phi) is 5.99. The Balaban J connectivity index is 2.66. The van der Waals surface area contributed by atoms with Crippen LogP contribution >= 0.6 is 11.8 Å². The number of hydrogen-bond acceptors (Lipinski definition) is 3. The fourth-order valence-corrected chi connectivity index (χ4v) is 3.86. The van der Waals surface area contributed by atoms with Crippen LogP contribution in [0.5, 0.6) is 0 Å². The van der Waals surface area contributed by atoms with Crippen molar-refractivity contribution in [3.8, 4) is 0 Å². The number of carboxylic acid groups (broad SMARTS) is 1. The molecule has 2 unspecified atom stereocenters. The van der Waals surface area contributed by atoms with Crippen LogP contribution in [0, 0.1) is 5.92 Å². The lowest BCUT2D eigenvalue weighted by Gasteiger charge is -2.34. The first-order chi connectivity index (χ1) is 8.38. The Morgan fingerprint density at radius 1 is 1.44 bits per heavy atom. The molecule has 1 saturated carbocycles. The van der Waals surface area contributed by atoms with Gasteiger partial charge in [0.1, 0.15) is 5.54 Å². The van der Waals surface area contributed by atoms with E-state index in [1.807, 2.05) is 25.6 Å². The van der Waals surface area contributed by atoms with Crippen LogP contribution < -0.4 is 5.32 Å². The van der Waals surface area contributed by atoms with Crippen LogP contribution in [0.2, 0.25) is 0 Å². The van der Waals surface area contributed by atoms with Crippen LogP contribution in [0.25, 0.3) is 0 Å². The average molecular weight is 273 g/mol. The smallest absolute Gasteiger partial charge is 0.324 e. The molecule has 0 amide bonds. The Bertz CT molecular complexity index is 281. The van der Waals surface area contributed by atoms with Crippen molar-refractivity contribution >= 4 is 17.7 Å². The minimum atomic E-state index is -0.675. The van der Waals surface area contributed by atoms with Crippen molar-refractivity contribution in [1.29, 1.82) is 0 Å². The van der Waals surface area contributed by atoms with Crippen molar-refractivity contribution in [1.82, 2.24) is 5.32 Å². The Morgan fingerprint density at radius 2 is 2.11 bits per heavy atom. The van der Waals surface area contributed by atoms with E-state index in [9.17, 15) is 9.90 Å². The second-order valence-corrected chi connectivity index (χ2v) is 7.56. The van der Waals surface area contributed by atoms with Crippen molar-refractivity contribution in [3.05, 3.63) is 0 Å². The summed E-state index contributed by atoms with van der Waals surface area (Å²) in [5, 5.41) is 13.6. The third kappa shape index (κ3) is 3.89. The van der Waals surface area contributed by atoms with Crippen molar-refractivity contribution in [2.45, 2.75) is 70.2 Å². The van der Waals surface area contributed by atoms with E-state index >= 15 is 0 Å². The summed E-state index contributed by atoms with van der Waals surface area (Å²) in [6.07, 6.45) is 3.86. The largest absolute Gasteiger partial charge is 0.480 e. The Morgan fingerprint density at radius 3 is 2.61 bits per heavy atom. The predicted molar refractivity (Wildman–Crippen MR) is 78.2 cm³/mol. The van der Waals surface area contributed by atoms with Gasteiger partial charge in [-0.25, -0.2) is 0 Å². The molecule has 0 aromatic carbocycles. The maximum Gasteiger partial charge on any atom is 0.324 e. The quantitative estimate of drug-likeness (QED) is 0.748. The molecular formula is C14H27NO2S. The van der Waals surface area contributed by atoms with Crippen molar-refractivity contribution in [3.63, 3.8) is 0 Å². The summed E-state index contributed by atoms with van der Waals surface area (Å²) in [7, 11) is 0. The molecule has 0 spiro atoms. The summed E-state index contributed by atoms with van der Waals surface area (Å²) in [6.45, 7) is 8.44. The Labute approximate surface area is 115 Å². The average Bonchev–Trinajstić information content (AvgIpc) is 2.61. The van der Waals surface area contributed by atoms with Gasteiger partial charge in [-0.2, -0.15) is 11.8 Å². The topological polar surface area (TPSA) is 49.3 Å². The Hall–Kier alpha value is -0.220. The molecule has 0 bridgehead atoms. The number of thioether (sulfide) groups is 1. The van der Waals surface area contributed by atoms with Gasteiger partial charge in [-0.15, -0.1) is 0 Å². The summed E-state index contributed by atoms with van der Waals surface area (Å²) < 4.78 is 0. The highest BCUT2D eigenvalue weighted by Gasteiger charge is 2.48. The minimum Gasteiger partial charge on any atom is -0.480 e. The zero-order chi connectivity index (χ0) is 13.8. The molecule has 0 aliphatic heterocycles. The van der Waals surface area contributed by atoms with Gasteiger partial charge in [0.15, 0.2) is 0 Å². The molecule has 0 aromatic heterocycles. The zero-order valence-corrected chi connectivity index (χ0v) is 12.8. The summed E-state index contributed by atoms with van der Waals surface area (Å²) in [4.78, 5) is 11.7. The third-order valence-electron chi connectivity index (χ3n) is 3.67. The van der Waals surface area contributed by atoms with Gasteiger partial charge < -0.3 is 5.11 Å². The van der Waals surface area contributed by atoms with Crippen LogP contribution in [-0.2, 0) is 4.79 Å². The van der Waals surface area contributed by atoms with Crippen LogP contribution in [0.15, 0.2) is 0 Å². The van der Waals surface area contributed by atoms with Gasteiger partial charge in [0.05, 0.1) is 0 Å². The number of rotatable bonds is 7. The first-order valence-electron chi connectivity index (χ1n) is 7.01. The van der Waals surface area contributed by atoms with Gasteiger partial charge >= 0.3 is 5.97 Å². The molecule has 1 aliphatic carbocycles. The fraction of sp³-hybridized carbons (Fsp3) is 0.929. The van der Waals surface area contributed by atoms with E-state index in [0.717, 1.165) is 31.4 Å². The number of hydrogen-bond donors (Lipinski definition) is 2. The van der Waals surface area contributed by atoms with Crippen LogP contribution in [0.1, 0.15) is 53.4 Å². The van der Waals surface area contributed by atoms with Gasteiger partial charge in [-0.05, 0) is 50.0 Å². The zero-order valence-electron chi connectivity index (χ0n) is 12.0. The first-order valence-corrected chi connectivity index (χ1v) is 8.06. The molecule has 1 rings (SSSR count). The van der Waals surface area contributed by atoms with E-state index in [2.05, 4.69) is 19.2 Å². The second-order valence-electron chi connectivity index (χ2n) is 5.87. The standard InChI is InChI=1S/C14H27NO2S/c1-10(2)15-14(13(16)17)8-5-6-12(14)7-9-18-11(3)4/h10-12,15H,5-9H2,1-4H3,(H,16,17). The molecule has 1 aliphatic rings. The molecular weight excluding hydrogens is 246 g/mol. The van der Waals surface area contributed by atoms with Crippen LogP contribution in [0.3, 0.4) is 0 Å². The number of carboxylic acids is 1. The van der Waals surface area contributed by atoms with E-state index in [1.165, 1.54) is 0 Å². The number of nitrogens with one attached hydrogen (secondary N) is 1. The van der Waals surface area contributed by atoms with Crippen LogP contribution in [0.4, 0.5) is 0 Å². The maximum atomic E-state index is 11.7. The lowest BCUT2D eigenvalue weighted by Crippen LogP contribution is -2.57. The van der Waals surface area contributed by atoms with Crippen LogP contribution in [-0.4, -0.2) is 33.7 Å². The van der Waals surface area contributed by atoms with Gasteiger partial charge in [0, 0.05) is 6.04 Å². The van der Waals surface area contributed by atoms with Gasteiger partial charge in [0.2, 0.25) is 0 Å². The molecule has 0 heterocycles. The van der Waals surface area contributed by atoms with E-state index in [4.69, 9.17) is 0 Å². The lowest BCUT2D eigenvalue weighted by atomic mass is 9.84. The summed E-state index contributed by atoms with van der Waals surface area (Å²) in [6, 6.07) is 0.222. The first kappa shape index (κ1) is 15.8. The highest BCUT2D eigenvalue weighted by molar-refractivity contribution is 7.99. The molecule has 3 nitrogen and oxygen atoms in total. The SMILES string of the molecule is CC(C)NC1(C(=O)O)CCCC1CCSC(C)C. The molecule has 0 radical (unpaired) electrons. The molecule has 4 heteroatoms. The van der Waals surface area contributed by atoms with Gasteiger partial charge in [0.25, 0.3) is 0 Å². The molecule has 106 valence electrons. The van der Waals surface area contributed by atoms with E-state index in [-0.39, 0.29) is 12.0 Å². The number of aliphatic carboxylic acids is 1. The molecule has 2 atom stereocenters. The molecule has 18 heavy (non-hydrogen) atoms. The summed E-state index contributed by atoms with van der Waals surface area (Å²) >= 11 is 1.93. The predicted octanol–water partition coefficient (Wildman–Crippen LogP) is 3.14.